The van der Waals surface area contributed by atoms with Gasteiger partial charge in [-0.3, -0.25) is 9.59 Å². The summed E-state index contributed by atoms with van der Waals surface area (Å²) in [5.41, 5.74) is 2.08. The lowest BCUT2D eigenvalue weighted by molar-refractivity contribution is 0.0517. The summed E-state index contributed by atoms with van der Waals surface area (Å²) in [6.45, 7) is 3.58. The molecule has 1 amide bonds. The highest BCUT2D eigenvalue weighted by Crippen LogP contribution is 2.33. The number of nitrogens with one attached hydrogen (secondary N) is 1. The van der Waals surface area contributed by atoms with Crippen LogP contribution in [0.2, 0.25) is 0 Å². The van der Waals surface area contributed by atoms with E-state index in [1.165, 1.54) is 24.3 Å². The molecule has 0 fully saturated rings. The molecule has 4 rings (SSSR count). The van der Waals surface area contributed by atoms with Crippen LogP contribution in [-0.4, -0.2) is 36.8 Å². The van der Waals surface area contributed by atoms with Crippen LogP contribution in [0.5, 0.6) is 0 Å². The fourth-order valence-corrected chi connectivity index (χ4v) is 4.43. The van der Waals surface area contributed by atoms with Crippen LogP contribution >= 0.6 is 0 Å². The summed E-state index contributed by atoms with van der Waals surface area (Å²) in [6, 6.07) is 24.4. The number of para-hydroxylation sites is 1. The number of amides is 1. The van der Waals surface area contributed by atoms with E-state index in [2.05, 4.69) is 5.32 Å². The zero-order valence-corrected chi connectivity index (χ0v) is 21.9. The van der Waals surface area contributed by atoms with Crippen molar-refractivity contribution in [1.82, 2.24) is 0 Å². The first-order valence-electron chi connectivity index (χ1n) is 12.8. The van der Waals surface area contributed by atoms with E-state index in [4.69, 9.17) is 9.47 Å². The summed E-state index contributed by atoms with van der Waals surface area (Å²) in [4.78, 5) is 53.1. The summed E-state index contributed by atoms with van der Waals surface area (Å²) in [5, 5.41) is 3.18. The molecular formula is C32H29NO6. The van der Waals surface area contributed by atoms with Crippen LogP contribution in [-0.2, 0) is 15.9 Å². The Morgan fingerprint density at radius 1 is 0.615 bits per heavy atom. The lowest BCUT2D eigenvalue weighted by atomic mass is 9.88. The Kier molecular flexibility index (Phi) is 8.84. The molecule has 0 unspecified atom stereocenters. The number of esters is 2. The van der Waals surface area contributed by atoms with Gasteiger partial charge in [-0.05, 0) is 62.2 Å². The molecule has 0 bridgehead atoms. The van der Waals surface area contributed by atoms with E-state index in [1.54, 1.807) is 38.1 Å². The third-order valence-corrected chi connectivity index (χ3v) is 6.21. The van der Waals surface area contributed by atoms with E-state index in [0.717, 1.165) is 5.56 Å². The second kappa shape index (κ2) is 12.6. The summed E-state index contributed by atoms with van der Waals surface area (Å²) in [5.74, 6) is -2.05. The maximum Gasteiger partial charge on any atom is 0.338 e. The average Bonchev–Trinajstić information content (AvgIpc) is 2.96. The molecule has 4 aromatic rings. The minimum atomic E-state index is -0.666. The quantitative estimate of drug-likeness (QED) is 0.195. The molecule has 0 radical (unpaired) electrons. The number of ether oxygens (including phenoxy) is 2. The summed E-state index contributed by atoms with van der Waals surface area (Å²) in [6.07, 6.45) is 0.657. The Labute approximate surface area is 226 Å². The van der Waals surface area contributed by atoms with E-state index < -0.39 is 17.8 Å². The fourth-order valence-electron chi connectivity index (χ4n) is 4.43. The number of fused-ring (bicyclic) bond motifs is 1. The highest BCUT2D eigenvalue weighted by Gasteiger charge is 2.26. The van der Waals surface area contributed by atoms with Crippen molar-refractivity contribution >= 4 is 40.1 Å². The van der Waals surface area contributed by atoms with E-state index in [-0.39, 0.29) is 58.4 Å². The third kappa shape index (κ3) is 6.21. The number of ketones is 1. The SMILES string of the molecule is CCOC(=O)c1ccc(C(=O)Nc2ccccc2)c2c(C(=O)OCC)ccc(C(=O)CCc3ccccc3)c12. The molecule has 0 saturated heterocycles. The normalized spacial score (nSPS) is 10.6. The van der Waals surface area contributed by atoms with Crippen LogP contribution in [0.1, 0.15) is 67.3 Å². The van der Waals surface area contributed by atoms with Gasteiger partial charge >= 0.3 is 11.9 Å². The maximum atomic E-state index is 13.6. The van der Waals surface area contributed by atoms with Crippen molar-refractivity contribution in [1.29, 1.82) is 0 Å². The van der Waals surface area contributed by atoms with Crippen LogP contribution in [0.25, 0.3) is 10.8 Å². The number of rotatable bonds is 10. The molecule has 0 saturated carbocycles. The van der Waals surface area contributed by atoms with Crippen LogP contribution in [0, 0.1) is 0 Å². The number of hydrogen-bond donors (Lipinski definition) is 1. The zero-order valence-electron chi connectivity index (χ0n) is 21.9. The molecule has 39 heavy (non-hydrogen) atoms. The zero-order chi connectivity index (χ0) is 27.8. The number of carbonyl (C=O) groups is 4. The van der Waals surface area contributed by atoms with Gasteiger partial charge in [0, 0.05) is 34.0 Å². The van der Waals surface area contributed by atoms with Gasteiger partial charge in [-0.1, -0.05) is 48.5 Å². The van der Waals surface area contributed by atoms with Crippen molar-refractivity contribution in [2.75, 3.05) is 18.5 Å². The molecule has 198 valence electrons. The third-order valence-electron chi connectivity index (χ3n) is 6.21. The molecule has 0 aliphatic carbocycles. The van der Waals surface area contributed by atoms with Crippen molar-refractivity contribution in [3.63, 3.8) is 0 Å². The van der Waals surface area contributed by atoms with Crippen LogP contribution in [0.3, 0.4) is 0 Å². The lowest BCUT2D eigenvalue weighted by Crippen LogP contribution is -2.17. The van der Waals surface area contributed by atoms with E-state index in [9.17, 15) is 19.2 Å². The molecule has 4 aromatic carbocycles. The number of anilines is 1. The number of benzene rings is 4. The molecule has 0 aliphatic rings. The molecule has 0 spiro atoms. The summed E-state index contributed by atoms with van der Waals surface area (Å²) < 4.78 is 10.5. The number of aryl methyl sites for hydroxylation is 1. The standard InChI is InChI=1S/C32H29NO6/c1-3-38-31(36)25-19-17-24(30(35)33-22-13-9-6-10-14-22)29-26(32(37)39-4-2)18-16-23(28(25)29)27(34)20-15-21-11-7-5-8-12-21/h5-14,16-19H,3-4,15,20H2,1-2H3,(H,33,35). The largest absolute Gasteiger partial charge is 0.462 e. The van der Waals surface area contributed by atoms with E-state index in [1.807, 2.05) is 36.4 Å². The number of Topliss-reactive ketones (excluding diaryl/α,β-unsaturated/α-hetero) is 1. The Morgan fingerprint density at radius 2 is 1.10 bits per heavy atom. The Bertz CT molecular complexity index is 1510. The highest BCUT2D eigenvalue weighted by atomic mass is 16.5. The van der Waals surface area contributed by atoms with Gasteiger partial charge in [0.05, 0.1) is 24.3 Å². The molecule has 0 atom stereocenters. The van der Waals surface area contributed by atoms with Crippen molar-refractivity contribution in [2.24, 2.45) is 0 Å². The smallest absolute Gasteiger partial charge is 0.338 e. The van der Waals surface area contributed by atoms with E-state index >= 15 is 0 Å². The Balaban J connectivity index is 1.91. The van der Waals surface area contributed by atoms with Crippen molar-refractivity contribution in [2.45, 2.75) is 26.7 Å². The maximum absolute atomic E-state index is 13.6. The monoisotopic (exact) mass is 523 g/mol. The second-order valence-electron chi connectivity index (χ2n) is 8.74. The van der Waals surface area contributed by atoms with Gasteiger partial charge in [0.2, 0.25) is 0 Å². The van der Waals surface area contributed by atoms with Gasteiger partial charge in [0.15, 0.2) is 5.78 Å². The van der Waals surface area contributed by atoms with Gasteiger partial charge in [-0.25, -0.2) is 9.59 Å². The van der Waals surface area contributed by atoms with Crippen molar-refractivity contribution in [3.05, 3.63) is 113 Å². The minimum absolute atomic E-state index is 0.0795. The van der Waals surface area contributed by atoms with Gasteiger partial charge in [-0.2, -0.15) is 0 Å². The van der Waals surface area contributed by atoms with Crippen LogP contribution in [0.15, 0.2) is 84.9 Å². The summed E-state index contributed by atoms with van der Waals surface area (Å²) in [7, 11) is 0. The lowest BCUT2D eigenvalue weighted by Gasteiger charge is -2.17. The second-order valence-corrected chi connectivity index (χ2v) is 8.74. The molecule has 1 N–H and O–H groups in total. The van der Waals surface area contributed by atoms with Crippen molar-refractivity contribution < 1.29 is 28.7 Å². The van der Waals surface area contributed by atoms with Crippen molar-refractivity contribution in [3.8, 4) is 0 Å². The first-order chi connectivity index (χ1) is 18.9. The predicted molar refractivity (Wildman–Crippen MR) is 149 cm³/mol. The van der Waals surface area contributed by atoms with E-state index in [0.29, 0.717) is 12.1 Å². The molecule has 7 heteroatoms. The van der Waals surface area contributed by atoms with Crippen LogP contribution < -0.4 is 5.32 Å². The number of hydrogen-bond acceptors (Lipinski definition) is 6. The average molecular weight is 524 g/mol. The van der Waals surface area contributed by atoms with Crippen LogP contribution in [0.4, 0.5) is 5.69 Å². The molecule has 0 heterocycles. The van der Waals surface area contributed by atoms with Gasteiger partial charge < -0.3 is 14.8 Å². The summed E-state index contributed by atoms with van der Waals surface area (Å²) >= 11 is 0. The minimum Gasteiger partial charge on any atom is -0.462 e. The Hall–Kier alpha value is -4.78. The topological polar surface area (TPSA) is 98.8 Å². The predicted octanol–water partition coefficient (Wildman–Crippen LogP) is 6.26. The molecular weight excluding hydrogens is 494 g/mol. The molecule has 0 aliphatic heterocycles. The Morgan fingerprint density at radius 3 is 1.67 bits per heavy atom. The van der Waals surface area contributed by atoms with Gasteiger partial charge in [0.25, 0.3) is 5.91 Å². The first-order valence-corrected chi connectivity index (χ1v) is 12.8. The molecule has 0 aromatic heterocycles. The molecule has 7 nitrogen and oxygen atoms in total. The van der Waals surface area contributed by atoms with Gasteiger partial charge in [0.1, 0.15) is 0 Å². The number of carbonyl (C=O) groups excluding carboxylic acids is 4. The highest BCUT2D eigenvalue weighted by molar-refractivity contribution is 6.25. The van der Waals surface area contributed by atoms with Gasteiger partial charge in [-0.15, -0.1) is 0 Å². The first kappa shape index (κ1) is 27.3. The fraction of sp³-hybridized carbons (Fsp3) is 0.188.